The number of amides is 1. The number of para-hydroxylation sites is 1. The van der Waals surface area contributed by atoms with Crippen molar-refractivity contribution >= 4 is 6.09 Å². The second-order valence-electron chi connectivity index (χ2n) is 5.35. The van der Waals surface area contributed by atoms with E-state index in [9.17, 15) is 4.79 Å². The van der Waals surface area contributed by atoms with Crippen molar-refractivity contribution in [3.8, 4) is 5.69 Å². The standard InChI is InChI=1S/C14H18N4O2/c1-14(2,3)20-13(19)15-9-11-10-18(17-16-11)12-7-5-4-6-8-12/h4-8,10H,9H2,1-3H3,(H,15,19). The Hall–Kier alpha value is -2.37. The number of nitrogens with one attached hydrogen (secondary N) is 1. The van der Waals surface area contributed by atoms with Gasteiger partial charge in [-0.15, -0.1) is 5.10 Å². The Labute approximate surface area is 117 Å². The lowest BCUT2D eigenvalue weighted by Crippen LogP contribution is -2.32. The Morgan fingerprint density at radius 3 is 2.65 bits per heavy atom. The van der Waals surface area contributed by atoms with E-state index in [1.165, 1.54) is 0 Å². The van der Waals surface area contributed by atoms with Crippen LogP contribution in [0.5, 0.6) is 0 Å². The van der Waals surface area contributed by atoms with Crippen molar-refractivity contribution in [3.63, 3.8) is 0 Å². The number of ether oxygens (including phenoxy) is 1. The van der Waals surface area contributed by atoms with Crippen LogP contribution in [0.25, 0.3) is 5.69 Å². The Kier molecular flexibility index (Phi) is 4.02. The maximum Gasteiger partial charge on any atom is 0.407 e. The summed E-state index contributed by atoms with van der Waals surface area (Å²) < 4.78 is 6.80. The number of carbonyl (C=O) groups is 1. The lowest BCUT2D eigenvalue weighted by atomic mass is 10.2. The van der Waals surface area contributed by atoms with E-state index in [2.05, 4.69) is 15.6 Å². The van der Waals surface area contributed by atoms with Gasteiger partial charge in [-0.25, -0.2) is 9.48 Å². The van der Waals surface area contributed by atoms with Crippen molar-refractivity contribution in [1.29, 1.82) is 0 Å². The van der Waals surface area contributed by atoms with Crippen molar-refractivity contribution in [2.45, 2.75) is 32.9 Å². The van der Waals surface area contributed by atoms with Gasteiger partial charge in [-0.2, -0.15) is 0 Å². The summed E-state index contributed by atoms with van der Waals surface area (Å²) in [5.74, 6) is 0. The van der Waals surface area contributed by atoms with Gasteiger partial charge in [-0.05, 0) is 32.9 Å². The third kappa shape index (κ3) is 4.08. The molecule has 0 unspecified atom stereocenters. The Bertz CT molecular complexity index is 572. The lowest BCUT2D eigenvalue weighted by molar-refractivity contribution is 0.0523. The molecule has 1 aromatic carbocycles. The van der Waals surface area contributed by atoms with Crippen LogP contribution in [0.1, 0.15) is 26.5 Å². The van der Waals surface area contributed by atoms with Crippen LogP contribution in [0.4, 0.5) is 4.79 Å². The molecule has 1 aromatic heterocycles. The van der Waals surface area contributed by atoms with Gasteiger partial charge in [-0.3, -0.25) is 0 Å². The number of aromatic nitrogens is 3. The topological polar surface area (TPSA) is 69.0 Å². The Morgan fingerprint density at radius 1 is 1.30 bits per heavy atom. The molecule has 20 heavy (non-hydrogen) atoms. The van der Waals surface area contributed by atoms with E-state index in [4.69, 9.17) is 4.74 Å². The normalized spacial score (nSPS) is 11.2. The number of hydrogen-bond donors (Lipinski definition) is 1. The Balaban J connectivity index is 1.92. The lowest BCUT2D eigenvalue weighted by Gasteiger charge is -2.19. The second kappa shape index (κ2) is 5.73. The monoisotopic (exact) mass is 274 g/mol. The van der Waals surface area contributed by atoms with Crippen LogP contribution in [-0.4, -0.2) is 26.7 Å². The van der Waals surface area contributed by atoms with Gasteiger partial charge in [0.2, 0.25) is 0 Å². The van der Waals surface area contributed by atoms with Crippen molar-refractivity contribution in [2.24, 2.45) is 0 Å². The maximum absolute atomic E-state index is 11.5. The minimum absolute atomic E-state index is 0.280. The summed E-state index contributed by atoms with van der Waals surface area (Å²) in [5, 5.41) is 10.7. The van der Waals surface area contributed by atoms with Gasteiger partial charge in [0.15, 0.2) is 0 Å². The van der Waals surface area contributed by atoms with Crippen LogP contribution < -0.4 is 5.32 Å². The molecule has 0 fully saturated rings. The number of nitrogens with zero attached hydrogens (tertiary/aromatic N) is 3. The van der Waals surface area contributed by atoms with Crippen LogP contribution in [0.2, 0.25) is 0 Å². The highest BCUT2D eigenvalue weighted by molar-refractivity contribution is 5.67. The average molecular weight is 274 g/mol. The number of rotatable bonds is 3. The second-order valence-corrected chi connectivity index (χ2v) is 5.35. The molecule has 0 radical (unpaired) electrons. The number of carbonyl (C=O) groups excluding carboxylic acids is 1. The Morgan fingerprint density at radius 2 is 2.00 bits per heavy atom. The molecular formula is C14H18N4O2. The number of alkyl carbamates (subject to hydrolysis) is 1. The first-order chi connectivity index (χ1) is 9.44. The van der Waals surface area contributed by atoms with Crippen molar-refractivity contribution in [2.75, 3.05) is 0 Å². The van der Waals surface area contributed by atoms with Gasteiger partial charge in [0.25, 0.3) is 0 Å². The van der Waals surface area contributed by atoms with Gasteiger partial charge in [0.05, 0.1) is 18.4 Å². The summed E-state index contributed by atoms with van der Waals surface area (Å²) in [6, 6.07) is 9.65. The first-order valence-electron chi connectivity index (χ1n) is 6.37. The van der Waals surface area contributed by atoms with E-state index >= 15 is 0 Å². The zero-order valence-electron chi connectivity index (χ0n) is 11.8. The fraction of sp³-hybridized carbons (Fsp3) is 0.357. The minimum atomic E-state index is -0.508. The molecule has 0 atom stereocenters. The highest BCUT2D eigenvalue weighted by atomic mass is 16.6. The van der Waals surface area contributed by atoms with Crippen LogP contribution >= 0.6 is 0 Å². The first-order valence-corrected chi connectivity index (χ1v) is 6.37. The van der Waals surface area contributed by atoms with E-state index < -0.39 is 11.7 Å². The molecule has 0 bridgehead atoms. The third-order valence-electron chi connectivity index (χ3n) is 2.37. The summed E-state index contributed by atoms with van der Waals surface area (Å²) in [7, 11) is 0. The van der Waals surface area contributed by atoms with Crippen molar-refractivity contribution in [1.82, 2.24) is 20.3 Å². The summed E-state index contributed by atoms with van der Waals surface area (Å²) in [6.07, 6.45) is 1.30. The molecule has 6 heteroatoms. The molecule has 1 N–H and O–H groups in total. The highest BCUT2D eigenvalue weighted by Crippen LogP contribution is 2.08. The molecule has 0 spiro atoms. The molecule has 0 aliphatic heterocycles. The number of hydrogen-bond acceptors (Lipinski definition) is 4. The molecule has 6 nitrogen and oxygen atoms in total. The van der Waals surface area contributed by atoms with Crippen LogP contribution in [0.3, 0.4) is 0 Å². The molecule has 1 amide bonds. The predicted molar refractivity (Wildman–Crippen MR) is 74.4 cm³/mol. The molecule has 0 saturated heterocycles. The minimum Gasteiger partial charge on any atom is -0.444 e. The average Bonchev–Trinajstić information content (AvgIpc) is 2.84. The molecule has 2 rings (SSSR count). The smallest absolute Gasteiger partial charge is 0.407 e. The fourth-order valence-corrected chi connectivity index (χ4v) is 1.56. The third-order valence-corrected chi connectivity index (χ3v) is 2.37. The van der Waals surface area contributed by atoms with E-state index in [1.807, 2.05) is 51.1 Å². The fourth-order valence-electron chi connectivity index (χ4n) is 1.56. The predicted octanol–water partition coefficient (Wildman–Crippen LogP) is 2.29. The van der Waals surface area contributed by atoms with E-state index in [0.29, 0.717) is 5.69 Å². The molecule has 0 aliphatic carbocycles. The first kappa shape index (κ1) is 14.0. The van der Waals surface area contributed by atoms with Gasteiger partial charge in [0, 0.05) is 0 Å². The van der Waals surface area contributed by atoms with Crippen molar-refractivity contribution in [3.05, 3.63) is 42.2 Å². The summed E-state index contributed by atoms with van der Waals surface area (Å²) >= 11 is 0. The van der Waals surface area contributed by atoms with E-state index in [-0.39, 0.29) is 6.54 Å². The summed E-state index contributed by atoms with van der Waals surface area (Å²) in [6.45, 7) is 5.73. The largest absolute Gasteiger partial charge is 0.444 e. The van der Waals surface area contributed by atoms with Crippen LogP contribution in [0, 0.1) is 0 Å². The van der Waals surface area contributed by atoms with E-state index in [1.54, 1.807) is 10.9 Å². The molecule has 1 heterocycles. The molecule has 106 valence electrons. The summed E-state index contributed by atoms with van der Waals surface area (Å²) in [4.78, 5) is 11.5. The highest BCUT2D eigenvalue weighted by Gasteiger charge is 2.16. The maximum atomic E-state index is 11.5. The zero-order chi connectivity index (χ0) is 14.6. The van der Waals surface area contributed by atoms with Gasteiger partial charge < -0.3 is 10.1 Å². The van der Waals surface area contributed by atoms with Crippen LogP contribution in [0.15, 0.2) is 36.5 Å². The molecule has 2 aromatic rings. The van der Waals surface area contributed by atoms with E-state index in [0.717, 1.165) is 5.69 Å². The van der Waals surface area contributed by atoms with Crippen molar-refractivity contribution < 1.29 is 9.53 Å². The molecule has 0 saturated carbocycles. The zero-order valence-corrected chi connectivity index (χ0v) is 11.8. The van der Waals surface area contributed by atoms with Crippen LogP contribution in [-0.2, 0) is 11.3 Å². The molecular weight excluding hydrogens is 256 g/mol. The molecule has 0 aliphatic rings. The quantitative estimate of drug-likeness (QED) is 0.932. The number of benzene rings is 1. The SMILES string of the molecule is CC(C)(C)OC(=O)NCc1cn(-c2ccccc2)nn1. The summed E-state index contributed by atoms with van der Waals surface area (Å²) in [5.41, 5.74) is 1.08. The van der Waals surface area contributed by atoms with Gasteiger partial charge in [-0.1, -0.05) is 23.4 Å². The van der Waals surface area contributed by atoms with Gasteiger partial charge >= 0.3 is 6.09 Å². The van der Waals surface area contributed by atoms with Gasteiger partial charge in [0.1, 0.15) is 11.3 Å².